The van der Waals surface area contributed by atoms with Gasteiger partial charge in [-0.1, -0.05) is 5.16 Å². The maximum absolute atomic E-state index is 5.66. The molecule has 6 nitrogen and oxygen atoms in total. The summed E-state index contributed by atoms with van der Waals surface area (Å²) in [5.74, 6) is 4.32. The Hall–Kier alpha value is -1.69. The van der Waals surface area contributed by atoms with Crippen molar-refractivity contribution in [2.45, 2.75) is 51.5 Å². The van der Waals surface area contributed by atoms with Gasteiger partial charge in [0.15, 0.2) is 5.82 Å². The molecule has 1 aliphatic carbocycles. The van der Waals surface area contributed by atoms with Gasteiger partial charge in [0.25, 0.3) is 0 Å². The molecule has 0 N–H and O–H groups in total. The summed E-state index contributed by atoms with van der Waals surface area (Å²) in [5.41, 5.74) is 0.978. The minimum atomic E-state index is 0.349. The zero-order valence-corrected chi connectivity index (χ0v) is 12.5. The molecule has 1 saturated carbocycles. The van der Waals surface area contributed by atoms with E-state index in [9.17, 15) is 0 Å². The van der Waals surface area contributed by atoms with Crippen molar-refractivity contribution in [1.82, 2.24) is 20.0 Å². The highest BCUT2D eigenvalue weighted by Gasteiger charge is 2.33. The molecule has 21 heavy (non-hydrogen) atoms. The summed E-state index contributed by atoms with van der Waals surface area (Å²) >= 11 is 0. The van der Waals surface area contributed by atoms with E-state index in [-0.39, 0.29) is 0 Å². The van der Waals surface area contributed by atoms with Crippen molar-refractivity contribution >= 4 is 0 Å². The van der Waals surface area contributed by atoms with E-state index in [1.165, 1.54) is 12.8 Å². The van der Waals surface area contributed by atoms with Crippen LogP contribution in [0.5, 0.6) is 0 Å². The van der Waals surface area contributed by atoms with Crippen LogP contribution in [-0.4, -0.2) is 33.1 Å². The molecule has 2 aromatic rings. The van der Waals surface area contributed by atoms with Crippen molar-refractivity contribution in [1.29, 1.82) is 0 Å². The molecule has 4 rings (SSSR count). The predicted octanol–water partition coefficient (Wildman–Crippen LogP) is 2.54. The molecule has 1 atom stereocenters. The lowest BCUT2D eigenvalue weighted by molar-refractivity contribution is 0.276. The summed E-state index contributed by atoms with van der Waals surface area (Å²) < 4.78 is 11.1. The van der Waals surface area contributed by atoms with Crippen molar-refractivity contribution in [2.75, 3.05) is 13.1 Å². The van der Waals surface area contributed by atoms with Gasteiger partial charge in [-0.15, -0.1) is 0 Å². The Balaban J connectivity index is 1.39. The molecule has 2 aromatic heterocycles. The van der Waals surface area contributed by atoms with Gasteiger partial charge in [-0.2, -0.15) is 4.98 Å². The Morgan fingerprint density at radius 2 is 2.00 bits per heavy atom. The predicted molar refractivity (Wildman–Crippen MR) is 74.9 cm³/mol. The van der Waals surface area contributed by atoms with Crippen LogP contribution in [0.3, 0.4) is 0 Å². The number of oxazole rings is 1. The fourth-order valence-corrected chi connectivity index (χ4v) is 2.90. The summed E-state index contributed by atoms with van der Waals surface area (Å²) in [6.45, 7) is 6.65. The smallest absolute Gasteiger partial charge is 0.231 e. The highest BCUT2D eigenvalue weighted by Crippen LogP contribution is 2.39. The third-order valence-electron chi connectivity index (χ3n) is 4.45. The number of hydrogen-bond acceptors (Lipinski definition) is 6. The topological polar surface area (TPSA) is 68.2 Å². The SMILES string of the molecule is Cc1nc(CN2CCC(c3nc(C4CC4)no3)C2)oc1C. The minimum Gasteiger partial charge on any atom is -0.444 e. The quantitative estimate of drug-likeness (QED) is 0.861. The van der Waals surface area contributed by atoms with Crippen LogP contribution >= 0.6 is 0 Å². The van der Waals surface area contributed by atoms with E-state index in [1.807, 2.05) is 13.8 Å². The number of rotatable bonds is 4. The molecule has 2 fully saturated rings. The van der Waals surface area contributed by atoms with Gasteiger partial charge in [-0.25, -0.2) is 4.98 Å². The van der Waals surface area contributed by atoms with Crippen molar-refractivity contribution in [2.24, 2.45) is 0 Å². The second-order valence-electron chi connectivity index (χ2n) is 6.24. The molecule has 1 aliphatic heterocycles. The number of likely N-dealkylation sites (tertiary alicyclic amines) is 1. The molecule has 1 saturated heterocycles. The Bertz CT molecular complexity index is 624. The minimum absolute atomic E-state index is 0.349. The Morgan fingerprint density at radius 3 is 2.71 bits per heavy atom. The zero-order chi connectivity index (χ0) is 14.4. The molecule has 2 aliphatic rings. The summed E-state index contributed by atoms with van der Waals surface area (Å²) in [6.07, 6.45) is 3.47. The number of aromatic nitrogens is 3. The largest absolute Gasteiger partial charge is 0.444 e. The third kappa shape index (κ3) is 2.60. The molecule has 0 radical (unpaired) electrons. The lowest BCUT2D eigenvalue weighted by atomic mass is 10.1. The number of aryl methyl sites for hydroxylation is 2. The average molecular weight is 288 g/mol. The van der Waals surface area contributed by atoms with E-state index in [2.05, 4.69) is 20.0 Å². The van der Waals surface area contributed by atoms with E-state index in [4.69, 9.17) is 8.94 Å². The molecule has 0 bridgehead atoms. The second-order valence-corrected chi connectivity index (χ2v) is 6.24. The fraction of sp³-hybridized carbons (Fsp3) is 0.667. The fourth-order valence-electron chi connectivity index (χ4n) is 2.90. The molecule has 0 amide bonds. The molecule has 112 valence electrons. The van der Waals surface area contributed by atoms with Gasteiger partial charge in [0, 0.05) is 12.5 Å². The van der Waals surface area contributed by atoms with Crippen molar-refractivity contribution in [3.8, 4) is 0 Å². The first kappa shape index (κ1) is 13.0. The lowest BCUT2D eigenvalue weighted by Gasteiger charge is -2.12. The van der Waals surface area contributed by atoms with E-state index in [1.54, 1.807) is 0 Å². The number of hydrogen-bond donors (Lipinski definition) is 0. The molecule has 3 heterocycles. The third-order valence-corrected chi connectivity index (χ3v) is 4.45. The first-order chi connectivity index (χ1) is 10.2. The molecule has 1 unspecified atom stereocenters. The van der Waals surface area contributed by atoms with Gasteiger partial charge < -0.3 is 8.94 Å². The van der Waals surface area contributed by atoms with Crippen LogP contribution in [0.25, 0.3) is 0 Å². The Kier molecular flexibility index (Phi) is 3.06. The van der Waals surface area contributed by atoms with Crippen molar-refractivity contribution in [3.63, 3.8) is 0 Å². The highest BCUT2D eigenvalue weighted by atomic mass is 16.5. The van der Waals surface area contributed by atoms with E-state index in [0.717, 1.165) is 55.1 Å². The summed E-state index contributed by atoms with van der Waals surface area (Å²) in [6, 6.07) is 0. The van der Waals surface area contributed by atoms with Crippen LogP contribution in [0.1, 0.15) is 60.2 Å². The summed E-state index contributed by atoms with van der Waals surface area (Å²) in [4.78, 5) is 11.4. The van der Waals surface area contributed by atoms with E-state index >= 15 is 0 Å². The normalized spacial score (nSPS) is 23.0. The van der Waals surface area contributed by atoms with Gasteiger partial charge in [0.1, 0.15) is 5.76 Å². The van der Waals surface area contributed by atoms with Crippen LogP contribution in [0.2, 0.25) is 0 Å². The molecule has 0 aromatic carbocycles. The zero-order valence-electron chi connectivity index (χ0n) is 12.5. The maximum atomic E-state index is 5.66. The monoisotopic (exact) mass is 288 g/mol. The first-order valence-corrected chi connectivity index (χ1v) is 7.68. The average Bonchev–Trinajstić information content (AvgIpc) is 2.88. The van der Waals surface area contributed by atoms with Gasteiger partial charge in [-0.3, -0.25) is 4.90 Å². The van der Waals surface area contributed by atoms with Crippen LogP contribution in [0.4, 0.5) is 0 Å². The van der Waals surface area contributed by atoms with Crippen LogP contribution in [-0.2, 0) is 6.54 Å². The standard InChI is InChI=1S/C15H20N4O2/c1-9-10(2)20-13(16-9)8-19-6-5-12(7-19)15-17-14(18-21-15)11-3-4-11/h11-12H,3-8H2,1-2H3. The Morgan fingerprint density at radius 1 is 1.14 bits per heavy atom. The van der Waals surface area contributed by atoms with Crippen molar-refractivity contribution < 1.29 is 8.94 Å². The van der Waals surface area contributed by atoms with Gasteiger partial charge >= 0.3 is 0 Å². The number of nitrogens with zero attached hydrogens (tertiary/aromatic N) is 4. The molecule has 0 spiro atoms. The second kappa shape index (κ2) is 4.94. The van der Waals surface area contributed by atoms with Crippen LogP contribution in [0, 0.1) is 13.8 Å². The molecular weight excluding hydrogens is 268 g/mol. The highest BCUT2D eigenvalue weighted by molar-refractivity contribution is 5.08. The molecule has 6 heteroatoms. The van der Waals surface area contributed by atoms with E-state index in [0.29, 0.717) is 11.8 Å². The van der Waals surface area contributed by atoms with E-state index < -0.39 is 0 Å². The van der Waals surface area contributed by atoms with Crippen LogP contribution < -0.4 is 0 Å². The maximum Gasteiger partial charge on any atom is 0.231 e. The Labute approximate surface area is 123 Å². The summed E-state index contributed by atoms with van der Waals surface area (Å²) in [5, 5.41) is 4.11. The lowest BCUT2D eigenvalue weighted by Crippen LogP contribution is -2.20. The van der Waals surface area contributed by atoms with Gasteiger partial charge in [-0.05, 0) is 39.7 Å². The molecular formula is C15H20N4O2. The first-order valence-electron chi connectivity index (χ1n) is 7.68. The van der Waals surface area contributed by atoms with Crippen LogP contribution in [0.15, 0.2) is 8.94 Å². The van der Waals surface area contributed by atoms with Crippen molar-refractivity contribution in [3.05, 3.63) is 29.1 Å². The van der Waals surface area contributed by atoms with Gasteiger partial charge in [0.2, 0.25) is 11.8 Å². The van der Waals surface area contributed by atoms with Gasteiger partial charge in [0.05, 0.1) is 18.2 Å². The summed E-state index contributed by atoms with van der Waals surface area (Å²) in [7, 11) is 0.